The third-order valence-electron chi connectivity index (χ3n) is 6.97. The van der Waals surface area contributed by atoms with Crippen molar-refractivity contribution in [2.24, 2.45) is 11.7 Å². The van der Waals surface area contributed by atoms with Gasteiger partial charge in [0.15, 0.2) is 0 Å². The number of rotatable bonds is 4. The number of halogens is 3. The van der Waals surface area contributed by atoms with E-state index in [1.807, 2.05) is 0 Å². The van der Waals surface area contributed by atoms with Crippen molar-refractivity contribution >= 4 is 10.0 Å². The molecular weight excluding hydrogens is 457 g/mol. The molecule has 0 amide bonds. The Morgan fingerprint density at radius 1 is 1.18 bits per heavy atom. The highest BCUT2D eigenvalue weighted by atomic mass is 32.2. The zero-order valence-corrected chi connectivity index (χ0v) is 18.9. The molecule has 0 spiro atoms. The molecule has 1 aromatic rings. The first kappa shape index (κ1) is 22.8. The van der Waals surface area contributed by atoms with Gasteiger partial charge in [0, 0.05) is 49.8 Å². The summed E-state index contributed by atoms with van der Waals surface area (Å²) in [4.78, 5) is 2.12. The maximum atomic E-state index is 14.8. The normalized spacial score (nSPS) is 31.9. The molecule has 2 aliphatic heterocycles. The van der Waals surface area contributed by atoms with Crippen LogP contribution < -0.4 is 5.73 Å². The number of aromatic nitrogens is 2. The molecule has 2 fully saturated rings. The lowest BCUT2D eigenvalue weighted by Gasteiger charge is -2.41. The molecule has 4 atom stereocenters. The molecule has 5 rings (SSSR count). The largest absolute Gasteiger partial charge is 0.374 e. The van der Waals surface area contributed by atoms with Crippen LogP contribution in [0.5, 0.6) is 0 Å². The molecule has 4 aliphatic rings. The van der Waals surface area contributed by atoms with E-state index in [1.165, 1.54) is 0 Å². The molecule has 0 bridgehead atoms. The fourth-order valence-electron chi connectivity index (χ4n) is 4.93. The zero-order chi connectivity index (χ0) is 23.5. The van der Waals surface area contributed by atoms with Crippen LogP contribution in [0, 0.1) is 5.92 Å². The fourth-order valence-corrected chi connectivity index (χ4v) is 6.46. The standard InChI is InChI=1S/C22H27F3N4O3S/c1-12-6-18(25)16(23)4-5-17(24)21(12)22-19(26)7-14(11-32-22)28-8-13-9-29(27-20(13)10-28)33(30,31)15-2-3-15/h5,9,14-15,19,21-22H,1-4,6-8,10-11,26H2. The minimum Gasteiger partial charge on any atom is -0.374 e. The van der Waals surface area contributed by atoms with E-state index in [0.29, 0.717) is 32.4 Å². The first-order valence-electron chi connectivity index (χ1n) is 11.1. The minimum absolute atomic E-state index is 0.0538. The number of nitrogens with two attached hydrogens (primary N) is 1. The van der Waals surface area contributed by atoms with Gasteiger partial charge >= 0.3 is 0 Å². The second-order valence-electron chi connectivity index (χ2n) is 9.39. The Labute approximate surface area is 190 Å². The molecule has 7 nitrogen and oxygen atoms in total. The topological polar surface area (TPSA) is 90.5 Å². The predicted octanol–water partition coefficient (Wildman–Crippen LogP) is 2.99. The van der Waals surface area contributed by atoms with Crippen LogP contribution in [-0.2, 0) is 27.8 Å². The van der Waals surface area contributed by atoms with Crippen molar-refractivity contribution in [3.63, 3.8) is 0 Å². The Morgan fingerprint density at radius 2 is 1.94 bits per heavy atom. The summed E-state index contributed by atoms with van der Waals surface area (Å²) in [6.45, 7) is 5.07. The molecule has 33 heavy (non-hydrogen) atoms. The number of fused-ring (bicyclic) bond motifs is 1. The third-order valence-corrected chi connectivity index (χ3v) is 8.99. The van der Waals surface area contributed by atoms with Gasteiger partial charge in [-0.25, -0.2) is 21.6 Å². The van der Waals surface area contributed by atoms with Crippen LogP contribution in [0.25, 0.3) is 0 Å². The quantitative estimate of drug-likeness (QED) is 0.661. The van der Waals surface area contributed by atoms with Crippen molar-refractivity contribution in [2.45, 2.75) is 68.6 Å². The SMILES string of the molecule is C=C1CC(F)=C(F)CC=C(F)C1C1OCC(N2Cc3cn(S(=O)(=O)C4CC4)nc3C2)CC1N. The Kier molecular flexibility index (Phi) is 5.79. The third kappa shape index (κ3) is 4.20. The molecule has 4 unspecified atom stereocenters. The highest BCUT2D eigenvalue weighted by Crippen LogP contribution is 2.39. The number of hydrogen-bond donors (Lipinski definition) is 1. The van der Waals surface area contributed by atoms with Crippen molar-refractivity contribution < 1.29 is 26.3 Å². The van der Waals surface area contributed by atoms with Crippen molar-refractivity contribution in [1.82, 2.24) is 14.1 Å². The molecule has 0 aromatic carbocycles. The highest BCUT2D eigenvalue weighted by Gasteiger charge is 2.42. The van der Waals surface area contributed by atoms with Crippen LogP contribution in [0.3, 0.4) is 0 Å². The van der Waals surface area contributed by atoms with E-state index in [4.69, 9.17) is 10.5 Å². The number of allylic oxidation sites excluding steroid dienone is 3. The lowest BCUT2D eigenvalue weighted by Crippen LogP contribution is -2.54. The fraction of sp³-hybridized carbons (Fsp3) is 0.591. The van der Waals surface area contributed by atoms with Gasteiger partial charge in [0.2, 0.25) is 0 Å². The number of ether oxygens (including phenoxy) is 1. The van der Waals surface area contributed by atoms with E-state index in [1.54, 1.807) is 6.20 Å². The smallest absolute Gasteiger partial charge is 0.256 e. The highest BCUT2D eigenvalue weighted by molar-refractivity contribution is 7.90. The molecule has 1 saturated carbocycles. The maximum absolute atomic E-state index is 14.8. The van der Waals surface area contributed by atoms with Gasteiger partial charge < -0.3 is 10.5 Å². The van der Waals surface area contributed by atoms with Crippen LogP contribution in [0.2, 0.25) is 0 Å². The van der Waals surface area contributed by atoms with Gasteiger partial charge in [0.25, 0.3) is 10.0 Å². The van der Waals surface area contributed by atoms with E-state index < -0.39 is 52.0 Å². The first-order valence-corrected chi connectivity index (χ1v) is 12.6. The first-order chi connectivity index (χ1) is 15.6. The summed E-state index contributed by atoms with van der Waals surface area (Å²) < 4.78 is 74.2. The van der Waals surface area contributed by atoms with Gasteiger partial charge in [-0.1, -0.05) is 12.2 Å². The van der Waals surface area contributed by atoms with Gasteiger partial charge in [-0.05, 0) is 25.3 Å². The molecular formula is C22H27F3N4O3S. The minimum atomic E-state index is -3.40. The van der Waals surface area contributed by atoms with Crippen LogP contribution in [0.1, 0.15) is 43.4 Å². The van der Waals surface area contributed by atoms with Crippen LogP contribution in [0.4, 0.5) is 13.2 Å². The molecule has 0 radical (unpaired) electrons. The summed E-state index contributed by atoms with van der Waals surface area (Å²) in [6, 6.07) is -0.592. The van der Waals surface area contributed by atoms with E-state index in [9.17, 15) is 21.6 Å². The molecule has 2 N–H and O–H groups in total. The lowest BCUT2D eigenvalue weighted by molar-refractivity contribution is -0.0665. The summed E-state index contributed by atoms with van der Waals surface area (Å²) in [7, 11) is -3.40. The van der Waals surface area contributed by atoms with Gasteiger partial charge in [0.1, 0.15) is 17.5 Å². The average Bonchev–Trinajstić information content (AvgIpc) is 3.43. The summed E-state index contributed by atoms with van der Waals surface area (Å²) in [5.41, 5.74) is 8.16. The van der Waals surface area contributed by atoms with Gasteiger partial charge in [-0.15, -0.1) is 0 Å². The maximum Gasteiger partial charge on any atom is 0.256 e. The van der Waals surface area contributed by atoms with E-state index in [0.717, 1.165) is 21.4 Å². The zero-order valence-electron chi connectivity index (χ0n) is 18.1. The average molecular weight is 485 g/mol. The van der Waals surface area contributed by atoms with Crippen molar-refractivity contribution in [2.75, 3.05) is 6.61 Å². The monoisotopic (exact) mass is 484 g/mol. The molecule has 3 heterocycles. The van der Waals surface area contributed by atoms with Crippen LogP contribution in [-0.4, -0.2) is 52.5 Å². The number of hydrogen-bond acceptors (Lipinski definition) is 6. The van der Waals surface area contributed by atoms with E-state index in [-0.39, 0.29) is 29.9 Å². The Hall–Kier alpha value is -1.95. The summed E-state index contributed by atoms with van der Waals surface area (Å²) >= 11 is 0. The summed E-state index contributed by atoms with van der Waals surface area (Å²) in [5, 5.41) is 3.98. The van der Waals surface area contributed by atoms with Gasteiger partial charge in [0.05, 0.1) is 29.6 Å². The summed E-state index contributed by atoms with van der Waals surface area (Å²) in [5.74, 6) is -3.45. The lowest BCUT2D eigenvalue weighted by atomic mass is 9.82. The van der Waals surface area contributed by atoms with Crippen LogP contribution >= 0.6 is 0 Å². The van der Waals surface area contributed by atoms with Crippen molar-refractivity contribution in [3.05, 3.63) is 53.2 Å². The van der Waals surface area contributed by atoms with E-state index in [2.05, 4.69) is 16.6 Å². The molecule has 1 saturated heterocycles. The molecule has 11 heteroatoms. The Morgan fingerprint density at radius 3 is 2.61 bits per heavy atom. The number of nitrogens with zero attached hydrogens (tertiary/aromatic N) is 3. The molecule has 1 aromatic heterocycles. The molecule has 180 valence electrons. The predicted molar refractivity (Wildman–Crippen MR) is 115 cm³/mol. The van der Waals surface area contributed by atoms with Crippen molar-refractivity contribution in [3.8, 4) is 0 Å². The summed E-state index contributed by atoms with van der Waals surface area (Å²) in [6.07, 6.45) is 2.95. The Balaban J connectivity index is 1.24. The van der Waals surface area contributed by atoms with Crippen molar-refractivity contribution in [1.29, 1.82) is 0 Å². The molecule has 2 aliphatic carbocycles. The van der Waals surface area contributed by atoms with Crippen LogP contribution in [0.15, 0.2) is 41.9 Å². The van der Waals surface area contributed by atoms with Gasteiger partial charge in [-0.3, -0.25) is 4.90 Å². The Bertz CT molecular complexity index is 1120. The van der Waals surface area contributed by atoms with E-state index >= 15 is 0 Å². The second-order valence-corrected chi connectivity index (χ2v) is 11.5. The second kappa shape index (κ2) is 8.37. The van der Waals surface area contributed by atoms with Gasteiger partial charge in [-0.2, -0.15) is 9.19 Å².